The molecule has 30 heavy (non-hydrogen) atoms. The highest BCUT2D eigenvalue weighted by Gasteiger charge is 2.31. The van der Waals surface area contributed by atoms with Gasteiger partial charge in [0.25, 0.3) is 5.91 Å². The first kappa shape index (κ1) is 20.3. The van der Waals surface area contributed by atoms with Gasteiger partial charge in [-0.25, -0.2) is 4.68 Å². The fourth-order valence-electron chi connectivity index (χ4n) is 3.33. The standard InChI is InChI=1S/C24H21N3OS2/c1-4-12-26-23(28)21(30-24(26)29)14-18-15-27(19-8-6-5-7-9-19)25-22(18)20-13-16(2)10-11-17(20)3/h4-11,13-15H,1,12H2,2-3H3/b21-14-. The van der Waals surface area contributed by atoms with Gasteiger partial charge in [-0.3, -0.25) is 9.69 Å². The van der Waals surface area contributed by atoms with Gasteiger partial charge in [0.2, 0.25) is 0 Å². The van der Waals surface area contributed by atoms with Crippen LogP contribution in [0.2, 0.25) is 0 Å². The summed E-state index contributed by atoms with van der Waals surface area (Å²) in [6, 6.07) is 16.3. The van der Waals surface area contributed by atoms with Crippen molar-refractivity contribution in [2.24, 2.45) is 0 Å². The number of carbonyl (C=O) groups excluding carboxylic acids is 1. The summed E-state index contributed by atoms with van der Waals surface area (Å²) in [6.07, 6.45) is 5.54. The van der Waals surface area contributed by atoms with Gasteiger partial charge in [-0.05, 0) is 43.7 Å². The molecule has 4 nitrogen and oxygen atoms in total. The van der Waals surface area contributed by atoms with E-state index in [-0.39, 0.29) is 5.91 Å². The quantitative estimate of drug-likeness (QED) is 0.302. The fraction of sp³-hybridized carbons (Fsp3) is 0.125. The van der Waals surface area contributed by atoms with Gasteiger partial charge in [0, 0.05) is 23.9 Å². The van der Waals surface area contributed by atoms with Crippen LogP contribution in [0.4, 0.5) is 0 Å². The molecule has 0 atom stereocenters. The predicted molar refractivity (Wildman–Crippen MR) is 129 cm³/mol. The van der Waals surface area contributed by atoms with Crippen LogP contribution in [-0.2, 0) is 4.79 Å². The second kappa shape index (κ2) is 8.42. The lowest BCUT2D eigenvalue weighted by Gasteiger charge is -2.10. The number of amides is 1. The van der Waals surface area contributed by atoms with Crippen molar-refractivity contribution in [1.82, 2.24) is 14.7 Å². The van der Waals surface area contributed by atoms with Crippen LogP contribution in [0.3, 0.4) is 0 Å². The molecule has 0 N–H and O–H groups in total. The maximum atomic E-state index is 12.8. The first-order chi connectivity index (χ1) is 14.5. The van der Waals surface area contributed by atoms with Crippen LogP contribution in [0, 0.1) is 13.8 Å². The Bertz CT molecular complexity index is 1180. The molecule has 1 amide bonds. The zero-order valence-electron chi connectivity index (χ0n) is 16.8. The second-order valence-corrected chi connectivity index (χ2v) is 8.79. The predicted octanol–water partition coefficient (Wildman–Crippen LogP) is 5.54. The highest BCUT2D eigenvalue weighted by molar-refractivity contribution is 8.26. The summed E-state index contributed by atoms with van der Waals surface area (Å²) < 4.78 is 2.41. The molecular formula is C24H21N3OS2. The van der Waals surface area contributed by atoms with E-state index in [9.17, 15) is 4.79 Å². The van der Waals surface area contributed by atoms with Crippen molar-refractivity contribution in [3.05, 3.63) is 89.0 Å². The van der Waals surface area contributed by atoms with Gasteiger partial charge in [0.1, 0.15) is 10.0 Å². The summed E-state index contributed by atoms with van der Waals surface area (Å²) in [4.78, 5) is 15.0. The van der Waals surface area contributed by atoms with E-state index >= 15 is 0 Å². The molecule has 1 aliphatic rings. The molecule has 1 aromatic heterocycles. The average molecular weight is 432 g/mol. The molecule has 1 fully saturated rings. The number of hydrogen-bond donors (Lipinski definition) is 0. The minimum atomic E-state index is -0.0933. The van der Waals surface area contributed by atoms with Crippen LogP contribution in [0.25, 0.3) is 23.0 Å². The summed E-state index contributed by atoms with van der Waals surface area (Å²) in [5.74, 6) is -0.0933. The van der Waals surface area contributed by atoms with Gasteiger partial charge >= 0.3 is 0 Å². The molecule has 4 rings (SSSR count). The normalized spacial score (nSPS) is 15.3. The van der Waals surface area contributed by atoms with Crippen LogP contribution >= 0.6 is 24.0 Å². The van der Waals surface area contributed by atoms with Crippen LogP contribution in [0.15, 0.2) is 72.3 Å². The highest BCUT2D eigenvalue weighted by Crippen LogP contribution is 2.35. The number of carbonyl (C=O) groups is 1. The van der Waals surface area contributed by atoms with Crippen molar-refractivity contribution in [2.45, 2.75) is 13.8 Å². The van der Waals surface area contributed by atoms with Crippen LogP contribution in [0.1, 0.15) is 16.7 Å². The third kappa shape index (κ3) is 3.88. The molecule has 0 saturated carbocycles. The number of thioether (sulfide) groups is 1. The molecule has 0 radical (unpaired) electrons. The van der Waals surface area contributed by atoms with Crippen LogP contribution < -0.4 is 0 Å². The van der Waals surface area contributed by atoms with Gasteiger partial charge in [-0.15, -0.1) is 6.58 Å². The Kier molecular flexibility index (Phi) is 5.70. The molecule has 0 bridgehead atoms. The Morgan fingerprint density at radius 1 is 1.17 bits per heavy atom. The number of aryl methyl sites for hydroxylation is 2. The second-order valence-electron chi connectivity index (χ2n) is 7.11. The smallest absolute Gasteiger partial charge is 0.266 e. The number of thiocarbonyl (C=S) groups is 1. The van der Waals surface area contributed by atoms with E-state index in [0.29, 0.717) is 15.8 Å². The van der Waals surface area contributed by atoms with Gasteiger partial charge in [-0.2, -0.15) is 5.10 Å². The molecule has 2 aromatic carbocycles. The first-order valence-corrected chi connectivity index (χ1v) is 10.8. The number of rotatable bonds is 5. The monoisotopic (exact) mass is 431 g/mol. The third-order valence-corrected chi connectivity index (χ3v) is 6.26. The third-order valence-electron chi connectivity index (χ3n) is 4.88. The van der Waals surface area contributed by atoms with E-state index in [1.807, 2.05) is 47.3 Å². The Balaban J connectivity index is 1.85. The summed E-state index contributed by atoms with van der Waals surface area (Å²) in [5.41, 5.74) is 6.03. The van der Waals surface area contributed by atoms with E-state index in [0.717, 1.165) is 33.6 Å². The number of nitrogens with zero attached hydrogens (tertiary/aromatic N) is 3. The fourth-order valence-corrected chi connectivity index (χ4v) is 4.60. The maximum Gasteiger partial charge on any atom is 0.266 e. The van der Waals surface area contributed by atoms with E-state index in [1.54, 1.807) is 11.0 Å². The average Bonchev–Trinajstić information content (AvgIpc) is 3.27. The molecule has 0 unspecified atom stereocenters. The lowest BCUT2D eigenvalue weighted by Crippen LogP contribution is -2.27. The summed E-state index contributed by atoms with van der Waals surface area (Å²) in [6.45, 7) is 8.27. The van der Waals surface area contributed by atoms with Gasteiger partial charge in [0.05, 0.1) is 10.6 Å². The topological polar surface area (TPSA) is 38.1 Å². The molecule has 2 heterocycles. The summed E-state index contributed by atoms with van der Waals surface area (Å²) in [5, 5.41) is 4.88. The van der Waals surface area contributed by atoms with E-state index in [4.69, 9.17) is 17.3 Å². The van der Waals surface area contributed by atoms with Gasteiger partial charge in [0.15, 0.2) is 0 Å². The Morgan fingerprint density at radius 3 is 2.67 bits per heavy atom. The number of aromatic nitrogens is 2. The van der Waals surface area contributed by atoms with Crippen molar-refractivity contribution in [1.29, 1.82) is 0 Å². The van der Waals surface area contributed by atoms with Gasteiger partial charge in [-0.1, -0.05) is 66.0 Å². The Hall–Kier alpha value is -2.96. The van der Waals surface area contributed by atoms with Gasteiger partial charge < -0.3 is 0 Å². The largest absolute Gasteiger partial charge is 0.289 e. The number of para-hydroxylation sites is 1. The van der Waals surface area contributed by atoms with Crippen molar-refractivity contribution < 1.29 is 4.79 Å². The molecule has 1 saturated heterocycles. The molecule has 150 valence electrons. The molecular weight excluding hydrogens is 410 g/mol. The van der Waals surface area contributed by atoms with Crippen molar-refractivity contribution in [3.8, 4) is 16.9 Å². The Morgan fingerprint density at radius 2 is 1.93 bits per heavy atom. The molecule has 6 heteroatoms. The van der Waals surface area contributed by atoms with E-state index in [2.05, 4.69) is 38.6 Å². The Labute approximate surface area is 185 Å². The lowest BCUT2D eigenvalue weighted by molar-refractivity contribution is -0.121. The SMILES string of the molecule is C=CCN1C(=O)/C(=C/c2cn(-c3ccccc3)nc2-c2cc(C)ccc2C)SC1=S. The van der Waals surface area contributed by atoms with E-state index in [1.165, 1.54) is 11.8 Å². The molecule has 3 aromatic rings. The molecule has 0 spiro atoms. The molecule has 0 aliphatic carbocycles. The zero-order valence-corrected chi connectivity index (χ0v) is 18.5. The molecule has 1 aliphatic heterocycles. The first-order valence-electron chi connectivity index (χ1n) is 9.57. The van der Waals surface area contributed by atoms with E-state index < -0.39 is 0 Å². The lowest BCUT2D eigenvalue weighted by atomic mass is 10.0. The maximum absolute atomic E-state index is 12.8. The van der Waals surface area contributed by atoms with Crippen molar-refractivity contribution in [3.63, 3.8) is 0 Å². The van der Waals surface area contributed by atoms with Crippen molar-refractivity contribution in [2.75, 3.05) is 6.54 Å². The number of benzene rings is 2. The summed E-state index contributed by atoms with van der Waals surface area (Å²) >= 11 is 6.70. The zero-order chi connectivity index (χ0) is 21.3. The highest BCUT2D eigenvalue weighted by atomic mass is 32.2. The minimum Gasteiger partial charge on any atom is -0.289 e. The summed E-state index contributed by atoms with van der Waals surface area (Å²) in [7, 11) is 0. The van der Waals surface area contributed by atoms with Crippen LogP contribution in [-0.4, -0.2) is 31.5 Å². The van der Waals surface area contributed by atoms with Crippen molar-refractivity contribution >= 4 is 40.3 Å². The number of hydrogen-bond acceptors (Lipinski definition) is 4. The minimum absolute atomic E-state index is 0.0933. The van der Waals surface area contributed by atoms with Crippen LogP contribution in [0.5, 0.6) is 0 Å².